The number of fused-ring (bicyclic) bond motifs is 1. The van der Waals surface area contributed by atoms with E-state index in [1.165, 1.54) is 5.56 Å². The Kier molecular flexibility index (Phi) is 7.53. The molecule has 3 aromatic rings. The number of hydrogen-bond acceptors (Lipinski definition) is 8. The van der Waals surface area contributed by atoms with Gasteiger partial charge in [-0.2, -0.15) is 0 Å². The molecule has 2 amide bonds. The average Bonchev–Trinajstić information content (AvgIpc) is 2.90. The molecule has 0 saturated carbocycles. The molecule has 11 nitrogen and oxygen atoms in total. The Labute approximate surface area is 227 Å². The number of aromatic nitrogens is 2. The summed E-state index contributed by atoms with van der Waals surface area (Å²) < 4.78 is 0. The number of carbonyl (C=O) groups is 2. The van der Waals surface area contributed by atoms with Gasteiger partial charge in [-0.25, -0.2) is 9.78 Å². The number of carbonyl (C=O) groups excluding carboxylic acids is 1. The maximum atomic E-state index is 13.4. The molecule has 5 rings (SSSR count). The van der Waals surface area contributed by atoms with Gasteiger partial charge in [-0.1, -0.05) is 19.1 Å². The van der Waals surface area contributed by atoms with Crippen molar-refractivity contribution in [3.63, 3.8) is 0 Å². The van der Waals surface area contributed by atoms with Crippen LogP contribution in [0.15, 0.2) is 42.7 Å². The molecule has 1 aromatic carbocycles. The Morgan fingerprint density at radius 1 is 1.13 bits per heavy atom. The van der Waals surface area contributed by atoms with Crippen LogP contribution >= 0.6 is 0 Å². The number of pyridine rings is 2. The topological polar surface area (TPSA) is 163 Å². The van der Waals surface area contributed by atoms with Gasteiger partial charge in [-0.05, 0) is 68.6 Å². The molecule has 0 bridgehead atoms. The molecule has 206 valence electrons. The van der Waals surface area contributed by atoms with Crippen molar-refractivity contribution in [2.24, 2.45) is 11.7 Å². The molecule has 2 fully saturated rings. The van der Waals surface area contributed by atoms with E-state index in [0.29, 0.717) is 30.4 Å². The van der Waals surface area contributed by atoms with Crippen LogP contribution in [0.25, 0.3) is 10.9 Å². The first kappa shape index (κ1) is 26.6. The summed E-state index contributed by atoms with van der Waals surface area (Å²) in [5.74, 6) is 0.00929. The standard InChI is InChI=1S/C28H36N8O3/c1-16-14-36(15-21(30)25(16)34-28(38)39)24-5-8-31-13-23(24)33-27(37)26-20(29)11-19-4-3-18(12-22(19)32-26)17-6-9-35(2)10-7-17/h3-5,8,11-13,16-17,21,25,34H,6-7,9-10,14-15,29-30H2,1-2H3,(H,33,37)(H,38,39)/t16-,21+,25-/m0/s1. The number of nitrogens with two attached hydrogens (primary N) is 2. The first-order valence-corrected chi connectivity index (χ1v) is 13.3. The number of amides is 2. The predicted molar refractivity (Wildman–Crippen MR) is 152 cm³/mol. The second-order valence-electron chi connectivity index (χ2n) is 10.8. The number of rotatable bonds is 5. The van der Waals surface area contributed by atoms with Crippen LogP contribution in [0, 0.1) is 5.92 Å². The van der Waals surface area contributed by atoms with E-state index in [2.05, 4.69) is 44.7 Å². The average molecular weight is 533 g/mol. The number of piperidine rings is 2. The summed E-state index contributed by atoms with van der Waals surface area (Å²) in [6.45, 7) is 5.05. The molecule has 2 saturated heterocycles. The van der Waals surface area contributed by atoms with Crippen molar-refractivity contribution < 1.29 is 14.7 Å². The zero-order valence-electron chi connectivity index (χ0n) is 22.3. The van der Waals surface area contributed by atoms with Crippen molar-refractivity contribution in [3.8, 4) is 0 Å². The SMILES string of the molecule is C[C@H]1CN(c2ccncc2NC(=O)c2nc3cc(C4CCN(C)CC4)ccc3cc2N)C[C@@H](N)[C@H]1NC(=O)O. The van der Waals surface area contributed by atoms with E-state index in [1.54, 1.807) is 18.5 Å². The zero-order valence-corrected chi connectivity index (χ0v) is 22.3. The Bertz CT molecular complexity index is 1360. The molecule has 0 unspecified atom stereocenters. The molecular weight excluding hydrogens is 496 g/mol. The second-order valence-corrected chi connectivity index (χ2v) is 10.8. The van der Waals surface area contributed by atoms with E-state index in [9.17, 15) is 9.59 Å². The molecule has 0 radical (unpaired) electrons. The van der Waals surface area contributed by atoms with Gasteiger partial charge < -0.3 is 37.0 Å². The van der Waals surface area contributed by atoms with Crippen LogP contribution in [0.5, 0.6) is 0 Å². The van der Waals surface area contributed by atoms with Crippen molar-refractivity contribution in [1.29, 1.82) is 0 Å². The summed E-state index contributed by atoms with van der Waals surface area (Å²) in [4.78, 5) is 37.9. The van der Waals surface area contributed by atoms with Gasteiger partial charge in [0.15, 0.2) is 5.69 Å². The third-order valence-electron chi connectivity index (χ3n) is 7.97. The summed E-state index contributed by atoms with van der Waals surface area (Å²) in [5.41, 5.74) is 16.3. The quantitative estimate of drug-likeness (QED) is 0.332. The monoisotopic (exact) mass is 532 g/mol. The molecule has 4 heterocycles. The minimum Gasteiger partial charge on any atom is -0.465 e. The van der Waals surface area contributed by atoms with E-state index in [1.807, 2.05) is 24.0 Å². The number of nitrogen functional groups attached to an aromatic ring is 1. The number of hydrogen-bond donors (Lipinski definition) is 5. The van der Waals surface area contributed by atoms with Crippen LogP contribution in [0.4, 0.5) is 21.9 Å². The second kappa shape index (κ2) is 11.0. The van der Waals surface area contributed by atoms with Crippen molar-refractivity contribution in [1.82, 2.24) is 20.2 Å². The normalized spacial score (nSPS) is 22.5. The largest absolute Gasteiger partial charge is 0.465 e. The summed E-state index contributed by atoms with van der Waals surface area (Å²) in [5, 5.41) is 15.5. The van der Waals surface area contributed by atoms with Crippen LogP contribution in [-0.2, 0) is 0 Å². The fourth-order valence-corrected chi connectivity index (χ4v) is 5.83. The molecule has 11 heteroatoms. The number of anilines is 3. The fraction of sp³-hybridized carbons (Fsp3) is 0.429. The zero-order chi connectivity index (χ0) is 27.7. The summed E-state index contributed by atoms with van der Waals surface area (Å²) in [7, 11) is 2.15. The molecule has 2 aliphatic heterocycles. The Hall–Kier alpha value is -3.96. The predicted octanol–water partition coefficient (Wildman–Crippen LogP) is 2.69. The van der Waals surface area contributed by atoms with Gasteiger partial charge >= 0.3 is 6.09 Å². The summed E-state index contributed by atoms with van der Waals surface area (Å²) in [6, 6.07) is 9.07. The lowest BCUT2D eigenvalue weighted by atomic mass is 9.89. The van der Waals surface area contributed by atoms with Crippen molar-refractivity contribution in [2.75, 3.05) is 49.2 Å². The van der Waals surface area contributed by atoms with Gasteiger partial charge in [0.2, 0.25) is 0 Å². The molecule has 0 spiro atoms. The number of likely N-dealkylation sites (tertiary alicyclic amines) is 1. The third kappa shape index (κ3) is 5.74. The highest BCUT2D eigenvalue weighted by Crippen LogP contribution is 2.32. The number of nitrogens with zero attached hydrogens (tertiary/aromatic N) is 4. The van der Waals surface area contributed by atoms with E-state index in [-0.39, 0.29) is 17.7 Å². The molecular formula is C28H36N8O3. The molecule has 2 aliphatic rings. The molecule has 39 heavy (non-hydrogen) atoms. The lowest BCUT2D eigenvalue weighted by Crippen LogP contribution is -2.61. The number of carboxylic acid groups (broad SMARTS) is 1. The lowest BCUT2D eigenvalue weighted by molar-refractivity contribution is 0.102. The van der Waals surface area contributed by atoms with E-state index < -0.39 is 18.0 Å². The molecule has 2 aromatic heterocycles. The minimum atomic E-state index is -1.09. The van der Waals surface area contributed by atoms with Crippen LogP contribution in [-0.4, -0.2) is 77.3 Å². The van der Waals surface area contributed by atoms with Gasteiger partial charge in [-0.3, -0.25) is 9.78 Å². The van der Waals surface area contributed by atoms with Gasteiger partial charge in [0.25, 0.3) is 5.91 Å². The van der Waals surface area contributed by atoms with Gasteiger partial charge in [0, 0.05) is 30.7 Å². The maximum Gasteiger partial charge on any atom is 0.404 e. The van der Waals surface area contributed by atoms with Gasteiger partial charge in [0.05, 0.1) is 34.8 Å². The first-order valence-electron chi connectivity index (χ1n) is 13.3. The highest BCUT2D eigenvalue weighted by Gasteiger charge is 2.34. The Balaban J connectivity index is 1.37. The first-order chi connectivity index (χ1) is 18.7. The molecule has 0 aliphatic carbocycles. The lowest BCUT2D eigenvalue weighted by Gasteiger charge is -2.42. The molecule has 7 N–H and O–H groups in total. The van der Waals surface area contributed by atoms with E-state index in [4.69, 9.17) is 16.6 Å². The Morgan fingerprint density at radius 2 is 1.90 bits per heavy atom. The van der Waals surface area contributed by atoms with Gasteiger partial charge in [-0.15, -0.1) is 0 Å². The third-order valence-corrected chi connectivity index (χ3v) is 7.97. The summed E-state index contributed by atoms with van der Waals surface area (Å²) >= 11 is 0. The maximum absolute atomic E-state index is 13.4. The van der Waals surface area contributed by atoms with Crippen molar-refractivity contribution in [2.45, 2.75) is 37.8 Å². The van der Waals surface area contributed by atoms with Crippen molar-refractivity contribution >= 4 is 40.0 Å². The fourth-order valence-electron chi connectivity index (χ4n) is 5.83. The van der Waals surface area contributed by atoms with Crippen LogP contribution in [0.1, 0.15) is 41.7 Å². The van der Waals surface area contributed by atoms with Gasteiger partial charge in [0.1, 0.15) is 0 Å². The number of benzene rings is 1. The van der Waals surface area contributed by atoms with E-state index >= 15 is 0 Å². The summed E-state index contributed by atoms with van der Waals surface area (Å²) in [6.07, 6.45) is 4.34. The minimum absolute atomic E-state index is 0.0434. The van der Waals surface area contributed by atoms with E-state index in [0.717, 1.165) is 42.5 Å². The number of nitrogens with one attached hydrogen (secondary N) is 2. The van der Waals surface area contributed by atoms with Crippen LogP contribution in [0.2, 0.25) is 0 Å². The van der Waals surface area contributed by atoms with Crippen molar-refractivity contribution in [3.05, 3.63) is 54.0 Å². The highest BCUT2D eigenvalue weighted by atomic mass is 16.4. The molecule has 3 atom stereocenters. The smallest absolute Gasteiger partial charge is 0.404 e. The Morgan fingerprint density at radius 3 is 2.62 bits per heavy atom. The van der Waals surface area contributed by atoms with Crippen LogP contribution < -0.4 is 27.0 Å². The highest BCUT2D eigenvalue weighted by molar-refractivity contribution is 6.09. The van der Waals surface area contributed by atoms with Crippen LogP contribution in [0.3, 0.4) is 0 Å².